The summed E-state index contributed by atoms with van der Waals surface area (Å²) >= 11 is 0. The zero-order valence-electron chi connectivity index (χ0n) is 9.43. The zero-order valence-corrected chi connectivity index (χ0v) is 10.3. The van der Waals surface area contributed by atoms with Crippen LogP contribution in [0.1, 0.15) is 17.5 Å². The van der Waals surface area contributed by atoms with Gasteiger partial charge in [-0.3, -0.25) is 4.55 Å². The van der Waals surface area contributed by atoms with Gasteiger partial charge in [0.1, 0.15) is 0 Å². The van der Waals surface area contributed by atoms with Crippen LogP contribution in [-0.4, -0.2) is 26.7 Å². The van der Waals surface area contributed by atoms with Crippen LogP contribution in [0.3, 0.4) is 0 Å². The summed E-state index contributed by atoms with van der Waals surface area (Å²) in [5, 5.41) is 0. The number of aryl methyl sites for hydroxylation is 2. The van der Waals surface area contributed by atoms with E-state index >= 15 is 0 Å². The maximum absolute atomic E-state index is 11.1. The zero-order chi connectivity index (χ0) is 12.2. The average Bonchev–Trinajstić information content (AvgIpc) is 2.16. The van der Waals surface area contributed by atoms with Gasteiger partial charge in [0.15, 0.2) is 0 Å². The lowest BCUT2D eigenvalue weighted by atomic mass is 10.1. The van der Waals surface area contributed by atoms with Gasteiger partial charge in [-0.05, 0) is 31.4 Å². The number of methoxy groups -OCH3 is 1. The van der Waals surface area contributed by atoms with Crippen LogP contribution in [0.25, 0.3) is 0 Å². The van der Waals surface area contributed by atoms with Crippen molar-refractivity contribution in [2.24, 2.45) is 0 Å². The van der Waals surface area contributed by atoms with Crippen molar-refractivity contribution < 1.29 is 17.7 Å². The highest BCUT2D eigenvalue weighted by Gasteiger charge is 2.14. The molecule has 0 fully saturated rings. The van der Waals surface area contributed by atoms with E-state index in [0.717, 1.165) is 12.0 Å². The standard InChI is InChI=1S/C11H16O4S/c1-9-5-6-11(16(12,13)14)10(8-9)4-3-7-15-2/h5-6,8H,3-4,7H2,1-2H3,(H,12,13,14). The van der Waals surface area contributed by atoms with Crippen LogP contribution >= 0.6 is 0 Å². The maximum Gasteiger partial charge on any atom is 0.294 e. The van der Waals surface area contributed by atoms with Crippen LogP contribution in [0.4, 0.5) is 0 Å². The SMILES string of the molecule is COCCCc1cc(C)ccc1S(=O)(=O)O. The summed E-state index contributed by atoms with van der Waals surface area (Å²) in [7, 11) is -2.53. The molecule has 0 aliphatic rings. The van der Waals surface area contributed by atoms with Crippen molar-refractivity contribution in [1.82, 2.24) is 0 Å². The predicted octanol–water partition coefficient (Wildman–Crippen LogP) is 1.82. The highest BCUT2D eigenvalue weighted by Crippen LogP contribution is 2.18. The predicted molar refractivity (Wildman–Crippen MR) is 61.2 cm³/mol. The summed E-state index contributed by atoms with van der Waals surface area (Å²) in [5.41, 5.74) is 1.61. The highest BCUT2D eigenvalue weighted by molar-refractivity contribution is 7.85. The molecule has 0 aliphatic heterocycles. The Hall–Kier alpha value is -0.910. The van der Waals surface area contributed by atoms with E-state index in [-0.39, 0.29) is 4.90 Å². The van der Waals surface area contributed by atoms with Gasteiger partial charge in [-0.15, -0.1) is 0 Å². The van der Waals surface area contributed by atoms with Gasteiger partial charge >= 0.3 is 0 Å². The second-order valence-electron chi connectivity index (χ2n) is 3.68. The summed E-state index contributed by atoms with van der Waals surface area (Å²) < 4.78 is 36.2. The molecule has 1 N–H and O–H groups in total. The molecular formula is C11H16O4S. The van der Waals surface area contributed by atoms with Gasteiger partial charge in [-0.2, -0.15) is 8.42 Å². The van der Waals surface area contributed by atoms with Crippen LogP contribution in [-0.2, 0) is 21.3 Å². The molecule has 0 unspecified atom stereocenters. The third-order valence-corrected chi connectivity index (χ3v) is 3.24. The minimum atomic E-state index is -4.13. The quantitative estimate of drug-likeness (QED) is 0.634. The van der Waals surface area contributed by atoms with Gasteiger partial charge < -0.3 is 4.74 Å². The lowest BCUT2D eigenvalue weighted by molar-refractivity contribution is 0.195. The topological polar surface area (TPSA) is 63.6 Å². The minimum Gasteiger partial charge on any atom is -0.385 e. The minimum absolute atomic E-state index is 0.00537. The monoisotopic (exact) mass is 244 g/mol. The number of rotatable bonds is 5. The molecule has 16 heavy (non-hydrogen) atoms. The van der Waals surface area contributed by atoms with E-state index in [2.05, 4.69) is 0 Å². The number of benzene rings is 1. The van der Waals surface area contributed by atoms with Crippen LogP contribution in [0.5, 0.6) is 0 Å². The Morgan fingerprint density at radius 3 is 2.62 bits per heavy atom. The summed E-state index contributed by atoms with van der Waals surface area (Å²) in [6, 6.07) is 4.88. The Kier molecular flexibility index (Phi) is 4.46. The first-order valence-corrected chi connectivity index (χ1v) is 6.45. The third-order valence-electron chi connectivity index (χ3n) is 2.29. The number of hydrogen-bond donors (Lipinski definition) is 1. The van der Waals surface area contributed by atoms with Crippen molar-refractivity contribution in [2.45, 2.75) is 24.7 Å². The Balaban J connectivity index is 3.00. The van der Waals surface area contributed by atoms with Crippen molar-refractivity contribution in [1.29, 1.82) is 0 Å². The van der Waals surface area contributed by atoms with E-state index in [1.807, 2.05) is 6.92 Å². The van der Waals surface area contributed by atoms with Gasteiger partial charge in [-0.1, -0.05) is 17.7 Å². The number of ether oxygens (including phenoxy) is 1. The Morgan fingerprint density at radius 1 is 1.38 bits per heavy atom. The molecule has 4 nitrogen and oxygen atoms in total. The summed E-state index contributed by atoms with van der Waals surface area (Å²) in [4.78, 5) is -0.00537. The largest absolute Gasteiger partial charge is 0.385 e. The Bertz CT molecular complexity index is 451. The van der Waals surface area contributed by atoms with E-state index in [1.165, 1.54) is 6.07 Å². The summed E-state index contributed by atoms with van der Waals surface area (Å²) in [5.74, 6) is 0. The lowest BCUT2D eigenvalue weighted by Crippen LogP contribution is -2.04. The molecule has 1 aromatic carbocycles. The third kappa shape index (κ3) is 3.59. The smallest absolute Gasteiger partial charge is 0.294 e. The van der Waals surface area contributed by atoms with Gasteiger partial charge in [-0.25, -0.2) is 0 Å². The number of hydrogen-bond acceptors (Lipinski definition) is 3. The van der Waals surface area contributed by atoms with E-state index in [4.69, 9.17) is 9.29 Å². The molecule has 0 heterocycles. The van der Waals surface area contributed by atoms with E-state index in [1.54, 1.807) is 19.2 Å². The molecular weight excluding hydrogens is 228 g/mol. The van der Waals surface area contributed by atoms with Crippen LogP contribution < -0.4 is 0 Å². The maximum atomic E-state index is 11.1. The molecule has 0 aromatic heterocycles. The molecule has 0 radical (unpaired) electrons. The van der Waals surface area contributed by atoms with Crippen LogP contribution in [0.2, 0.25) is 0 Å². The molecule has 90 valence electrons. The Morgan fingerprint density at radius 2 is 2.06 bits per heavy atom. The normalized spacial score (nSPS) is 11.7. The molecule has 5 heteroatoms. The first-order chi connectivity index (χ1) is 7.45. The van der Waals surface area contributed by atoms with Crippen molar-refractivity contribution in [3.8, 4) is 0 Å². The van der Waals surface area contributed by atoms with Gasteiger partial charge in [0.2, 0.25) is 0 Å². The Labute approximate surface area is 96.0 Å². The molecule has 0 bridgehead atoms. The van der Waals surface area contributed by atoms with Crippen molar-refractivity contribution in [2.75, 3.05) is 13.7 Å². The molecule has 0 aliphatic carbocycles. The second kappa shape index (κ2) is 5.43. The fourth-order valence-corrected chi connectivity index (χ4v) is 2.29. The van der Waals surface area contributed by atoms with Crippen LogP contribution in [0.15, 0.2) is 23.1 Å². The first-order valence-electron chi connectivity index (χ1n) is 5.01. The van der Waals surface area contributed by atoms with Crippen molar-refractivity contribution in [3.05, 3.63) is 29.3 Å². The molecule has 0 saturated carbocycles. The second-order valence-corrected chi connectivity index (χ2v) is 5.07. The molecule has 1 aromatic rings. The van der Waals surface area contributed by atoms with Crippen molar-refractivity contribution >= 4 is 10.1 Å². The first kappa shape index (κ1) is 13.2. The molecule has 1 rings (SSSR count). The van der Waals surface area contributed by atoms with Gasteiger partial charge in [0.05, 0.1) is 4.90 Å². The van der Waals surface area contributed by atoms with E-state index < -0.39 is 10.1 Å². The summed E-state index contributed by atoms with van der Waals surface area (Å²) in [6.45, 7) is 2.45. The molecule has 0 atom stereocenters. The summed E-state index contributed by atoms with van der Waals surface area (Å²) in [6.07, 6.45) is 1.30. The fraction of sp³-hybridized carbons (Fsp3) is 0.455. The van der Waals surface area contributed by atoms with E-state index in [0.29, 0.717) is 18.6 Å². The van der Waals surface area contributed by atoms with E-state index in [9.17, 15) is 8.42 Å². The average molecular weight is 244 g/mol. The molecule has 0 spiro atoms. The van der Waals surface area contributed by atoms with Crippen LogP contribution in [0, 0.1) is 6.92 Å². The fourth-order valence-electron chi connectivity index (χ4n) is 1.56. The van der Waals surface area contributed by atoms with Gasteiger partial charge in [0, 0.05) is 13.7 Å². The molecule has 0 saturated heterocycles. The molecule has 0 amide bonds. The van der Waals surface area contributed by atoms with Crippen molar-refractivity contribution in [3.63, 3.8) is 0 Å². The highest BCUT2D eigenvalue weighted by atomic mass is 32.2. The lowest BCUT2D eigenvalue weighted by Gasteiger charge is -2.07. The van der Waals surface area contributed by atoms with Gasteiger partial charge in [0.25, 0.3) is 10.1 Å².